The fourth-order valence-electron chi connectivity index (χ4n) is 6.66. The van der Waals surface area contributed by atoms with E-state index in [1.54, 1.807) is 0 Å². The average Bonchev–Trinajstić information content (AvgIpc) is 3.44. The third-order valence-corrected chi connectivity index (χ3v) is 9.13. The van der Waals surface area contributed by atoms with Gasteiger partial charge in [0.25, 0.3) is 0 Å². The normalized spacial score (nSPS) is 17.0. The molecule has 0 saturated heterocycles. The summed E-state index contributed by atoms with van der Waals surface area (Å²) in [5, 5.41) is 0. The van der Waals surface area contributed by atoms with Gasteiger partial charge in [-0.3, -0.25) is 0 Å². The average molecular weight is 608 g/mol. The molecule has 1 aromatic heterocycles. The fraction of sp³-hybridized carbons (Fsp3) is 0.425. The first-order valence-electron chi connectivity index (χ1n) is 16.9. The third-order valence-electron chi connectivity index (χ3n) is 9.13. The molecule has 1 heterocycles. The second kappa shape index (κ2) is 16.4. The van der Waals surface area contributed by atoms with E-state index in [0.29, 0.717) is 31.3 Å². The van der Waals surface area contributed by atoms with Crippen molar-refractivity contribution in [1.29, 1.82) is 0 Å². The summed E-state index contributed by atoms with van der Waals surface area (Å²) in [5.41, 5.74) is 5.97. The molecule has 5 heteroatoms. The first kappa shape index (κ1) is 32.4. The number of hydrogen-bond donors (Lipinski definition) is 0. The lowest BCUT2D eigenvalue weighted by molar-refractivity contribution is -0.151. The lowest BCUT2D eigenvalue weighted by Gasteiger charge is -2.28. The fourth-order valence-corrected chi connectivity index (χ4v) is 6.66. The molecular weight excluding hydrogens is 558 g/mol. The molecule has 0 amide bonds. The van der Waals surface area contributed by atoms with Crippen LogP contribution in [-0.2, 0) is 22.5 Å². The van der Waals surface area contributed by atoms with Crippen molar-refractivity contribution in [1.82, 2.24) is 4.57 Å². The van der Waals surface area contributed by atoms with E-state index in [2.05, 4.69) is 66.9 Å². The second-order valence-electron chi connectivity index (χ2n) is 12.4. The number of rotatable bonds is 15. The predicted octanol–water partition coefficient (Wildman–Crippen LogP) is 9.56. The van der Waals surface area contributed by atoms with E-state index in [1.165, 1.54) is 49.8 Å². The van der Waals surface area contributed by atoms with Crippen LogP contribution in [0.4, 0.5) is 0 Å². The van der Waals surface area contributed by atoms with Crippen LogP contribution in [0.15, 0.2) is 91.0 Å². The zero-order valence-electron chi connectivity index (χ0n) is 27.3. The van der Waals surface area contributed by atoms with E-state index < -0.39 is 6.10 Å². The Morgan fingerprint density at radius 3 is 2.24 bits per heavy atom. The number of ether oxygens (including phenoxy) is 3. The summed E-state index contributed by atoms with van der Waals surface area (Å²) in [6.45, 7) is 8.11. The Balaban J connectivity index is 1.13. The summed E-state index contributed by atoms with van der Waals surface area (Å²) in [6.07, 6.45) is 8.75. The van der Waals surface area contributed by atoms with E-state index in [4.69, 9.17) is 14.2 Å². The van der Waals surface area contributed by atoms with Crippen LogP contribution < -0.4 is 9.47 Å². The van der Waals surface area contributed by atoms with Crippen molar-refractivity contribution < 1.29 is 19.0 Å². The van der Waals surface area contributed by atoms with Crippen LogP contribution >= 0.6 is 0 Å². The Morgan fingerprint density at radius 1 is 0.844 bits per heavy atom. The van der Waals surface area contributed by atoms with Crippen molar-refractivity contribution in [2.75, 3.05) is 13.2 Å². The molecule has 0 radical (unpaired) electrons. The molecule has 0 bridgehead atoms. The van der Waals surface area contributed by atoms with Crippen molar-refractivity contribution in [2.45, 2.75) is 90.7 Å². The monoisotopic (exact) mass is 607 g/mol. The molecule has 0 N–H and O–H groups in total. The third kappa shape index (κ3) is 9.03. The highest BCUT2D eigenvalue weighted by Crippen LogP contribution is 2.38. The van der Waals surface area contributed by atoms with Gasteiger partial charge in [0.05, 0.1) is 13.2 Å². The minimum absolute atomic E-state index is 0.320. The molecule has 1 fully saturated rings. The van der Waals surface area contributed by atoms with Crippen molar-refractivity contribution in [2.24, 2.45) is 5.92 Å². The second-order valence-corrected chi connectivity index (χ2v) is 12.4. The minimum atomic E-state index is -0.703. The zero-order valence-corrected chi connectivity index (χ0v) is 27.3. The molecule has 5 nitrogen and oxygen atoms in total. The molecule has 3 aromatic carbocycles. The summed E-state index contributed by atoms with van der Waals surface area (Å²) in [5.74, 6) is 2.89. The van der Waals surface area contributed by atoms with E-state index in [-0.39, 0.29) is 5.97 Å². The quantitative estimate of drug-likeness (QED) is 0.0997. The first-order valence-corrected chi connectivity index (χ1v) is 16.9. The molecule has 0 spiro atoms. The van der Waals surface area contributed by atoms with E-state index >= 15 is 0 Å². The topological polar surface area (TPSA) is 49.7 Å². The Hall–Kier alpha value is -3.99. The highest BCUT2D eigenvalue weighted by atomic mass is 16.6. The number of esters is 1. The van der Waals surface area contributed by atoms with Crippen LogP contribution in [0.25, 0.3) is 11.3 Å². The van der Waals surface area contributed by atoms with Crippen molar-refractivity contribution in [3.05, 3.63) is 108 Å². The number of hydrogen-bond acceptors (Lipinski definition) is 4. The molecule has 4 aromatic rings. The maximum Gasteiger partial charge on any atom is 0.347 e. The SMILES string of the molecule is CCCC1CCC(c2ccc(OCCCn3c(C)ccc3-c3ccc(O[C@H](Cc4ccccc4)C(=O)OCC)cc3)cc2)CC1. The van der Waals surface area contributed by atoms with Crippen molar-refractivity contribution in [3.8, 4) is 22.8 Å². The van der Waals surface area contributed by atoms with Gasteiger partial charge in [-0.2, -0.15) is 0 Å². The largest absolute Gasteiger partial charge is 0.494 e. The summed E-state index contributed by atoms with van der Waals surface area (Å²) < 4.78 is 19.9. The van der Waals surface area contributed by atoms with Gasteiger partial charge < -0.3 is 18.8 Å². The lowest BCUT2D eigenvalue weighted by atomic mass is 9.77. The van der Waals surface area contributed by atoms with Gasteiger partial charge in [-0.25, -0.2) is 4.79 Å². The first-order chi connectivity index (χ1) is 22.0. The van der Waals surface area contributed by atoms with E-state index in [0.717, 1.165) is 41.5 Å². The number of aromatic nitrogens is 1. The van der Waals surface area contributed by atoms with Gasteiger partial charge in [-0.15, -0.1) is 0 Å². The Bertz CT molecular complexity index is 1450. The van der Waals surface area contributed by atoms with E-state index in [9.17, 15) is 4.79 Å². The number of carbonyl (C=O) groups excluding carboxylic acids is 1. The van der Waals surface area contributed by atoms with Crippen LogP contribution in [-0.4, -0.2) is 29.9 Å². The highest BCUT2D eigenvalue weighted by molar-refractivity contribution is 5.75. The van der Waals surface area contributed by atoms with Gasteiger partial charge >= 0.3 is 5.97 Å². The standard InChI is InChI=1S/C40H49NO4/c1-4-10-31-14-16-33(17-15-31)34-18-22-36(23-19-34)44-28-9-27-41-30(3)13-26-38(41)35-20-24-37(25-21-35)45-39(40(42)43-5-2)29-32-11-7-6-8-12-32/h6-8,11-13,18-26,31,33,39H,4-5,9-10,14-17,27-29H2,1-3H3/t31?,33?,39-/m1/s1. The number of aryl methyl sites for hydroxylation is 1. The van der Waals surface area contributed by atoms with Crippen LogP contribution in [0, 0.1) is 12.8 Å². The molecule has 0 aliphatic heterocycles. The van der Waals surface area contributed by atoms with Crippen molar-refractivity contribution in [3.63, 3.8) is 0 Å². The summed E-state index contributed by atoms with van der Waals surface area (Å²) in [4.78, 5) is 12.7. The number of carbonyl (C=O) groups is 1. The smallest absolute Gasteiger partial charge is 0.347 e. The maximum atomic E-state index is 12.7. The Labute approximate surface area is 269 Å². The molecule has 45 heavy (non-hydrogen) atoms. The van der Waals surface area contributed by atoms with Gasteiger partial charge in [0, 0.05) is 24.4 Å². The van der Waals surface area contributed by atoms with Crippen LogP contribution in [0.2, 0.25) is 0 Å². The Kier molecular flexibility index (Phi) is 11.8. The lowest BCUT2D eigenvalue weighted by Crippen LogP contribution is -2.31. The Morgan fingerprint density at radius 2 is 1.56 bits per heavy atom. The van der Waals surface area contributed by atoms with Gasteiger partial charge in [-0.05, 0) is 123 Å². The van der Waals surface area contributed by atoms with Crippen LogP contribution in [0.3, 0.4) is 0 Å². The molecule has 1 atom stereocenters. The van der Waals surface area contributed by atoms with Crippen molar-refractivity contribution >= 4 is 5.97 Å². The molecule has 1 aliphatic carbocycles. The van der Waals surface area contributed by atoms with Gasteiger partial charge in [0.15, 0.2) is 6.10 Å². The molecule has 5 rings (SSSR count). The molecule has 0 unspecified atom stereocenters. The zero-order chi connectivity index (χ0) is 31.4. The molecular formula is C40H49NO4. The summed E-state index contributed by atoms with van der Waals surface area (Å²) in [7, 11) is 0. The molecule has 1 saturated carbocycles. The van der Waals surface area contributed by atoms with Gasteiger partial charge in [0.2, 0.25) is 0 Å². The molecule has 1 aliphatic rings. The summed E-state index contributed by atoms with van der Waals surface area (Å²) >= 11 is 0. The predicted molar refractivity (Wildman–Crippen MR) is 182 cm³/mol. The number of benzene rings is 3. The number of nitrogens with zero attached hydrogens (tertiary/aromatic N) is 1. The minimum Gasteiger partial charge on any atom is -0.494 e. The summed E-state index contributed by atoms with van der Waals surface area (Å²) in [6, 6.07) is 31.0. The highest BCUT2D eigenvalue weighted by Gasteiger charge is 2.23. The van der Waals surface area contributed by atoms with Gasteiger partial charge in [0.1, 0.15) is 11.5 Å². The van der Waals surface area contributed by atoms with Gasteiger partial charge in [-0.1, -0.05) is 62.2 Å². The van der Waals surface area contributed by atoms with Crippen LogP contribution in [0.1, 0.15) is 81.5 Å². The molecule has 238 valence electrons. The van der Waals surface area contributed by atoms with E-state index in [1.807, 2.05) is 49.4 Å². The maximum absolute atomic E-state index is 12.7. The van der Waals surface area contributed by atoms with Crippen LogP contribution in [0.5, 0.6) is 11.5 Å².